The lowest BCUT2D eigenvalue weighted by atomic mass is 10.1. The van der Waals surface area contributed by atoms with Gasteiger partial charge in [-0.05, 0) is 36.4 Å². The lowest BCUT2D eigenvalue weighted by molar-refractivity contribution is -0.0964. The fourth-order valence-electron chi connectivity index (χ4n) is 2.33. The van der Waals surface area contributed by atoms with Crippen LogP contribution in [0.3, 0.4) is 0 Å². The van der Waals surface area contributed by atoms with Crippen LogP contribution in [-0.2, 0) is 0 Å². The van der Waals surface area contributed by atoms with E-state index in [1.165, 1.54) is 30.5 Å². The van der Waals surface area contributed by atoms with Gasteiger partial charge >= 0.3 is 5.57 Å². The lowest BCUT2D eigenvalue weighted by Crippen LogP contribution is -2.15. The van der Waals surface area contributed by atoms with Crippen molar-refractivity contribution in [1.29, 1.82) is 0 Å². The first-order valence-electron chi connectivity index (χ1n) is 7.68. The molecule has 3 aromatic rings. The average Bonchev–Trinajstić information content (AvgIpc) is 2.63. The number of aliphatic hydroxyl groups is 1. The van der Waals surface area contributed by atoms with E-state index in [9.17, 15) is 13.9 Å². The first-order chi connectivity index (χ1) is 12.8. The van der Waals surface area contributed by atoms with Crippen LogP contribution in [0.5, 0.6) is 5.75 Å². The number of aliphatic hydroxyl groups excluding tert-OH is 1. The number of ether oxygens (including phenoxy) is 1. The fraction of sp³-hybridized carbons (Fsp3) is 0.111. The Kier molecular flexibility index (Phi) is 5.74. The van der Waals surface area contributed by atoms with Gasteiger partial charge in [0.15, 0.2) is 6.23 Å². The number of alkyl halides is 3. The van der Waals surface area contributed by atoms with Crippen LogP contribution in [0.4, 0.5) is 14.5 Å². The lowest BCUT2D eigenvalue weighted by Gasteiger charge is -2.16. The van der Waals surface area contributed by atoms with E-state index in [1.54, 1.807) is 24.5 Å². The monoisotopic (exact) mass is 411 g/mol. The summed E-state index contributed by atoms with van der Waals surface area (Å²) in [5, 5.41) is 13.5. The molecule has 0 saturated heterocycles. The van der Waals surface area contributed by atoms with Crippen molar-refractivity contribution in [2.24, 2.45) is 0 Å². The van der Waals surface area contributed by atoms with Crippen molar-refractivity contribution in [2.75, 3.05) is 5.32 Å². The van der Waals surface area contributed by atoms with Crippen molar-refractivity contribution in [3.05, 3.63) is 71.8 Å². The highest BCUT2D eigenvalue weighted by Crippen LogP contribution is 2.30. The molecule has 0 saturated carbocycles. The molecule has 1 atom stereocenters. The van der Waals surface area contributed by atoms with Crippen molar-refractivity contribution in [1.82, 2.24) is 9.97 Å². The first kappa shape index (κ1) is 19.3. The fourth-order valence-corrected chi connectivity index (χ4v) is 2.63. The summed E-state index contributed by atoms with van der Waals surface area (Å²) in [5.74, 6) is -0.109. The predicted octanol–water partition coefficient (Wildman–Crippen LogP) is 5.07. The first-order valence-corrected chi connectivity index (χ1v) is 8.44. The number of halogens is 4. The molecule has 3 rings (SSSR count). The van der Waals surface area contributed by atoms with Crippen molar-refractivity contribution >= 4 is 28.9 Å². The summed E-state index contributed by atoms with van der Waals surface area (Å²) >= 11 is 10.9. The van der Waals surface area contributed by atoms with Gasteiger partial charge in [0.1, 0.15) is 10.9 Å². The van der Waals surface area contributed by atoms with E-state index in [0.29, 0.717) is 16.8 Å². The second-order valence-electron chi connectivity index (χ2n) is 5.47. The van der Waals surface area contributed by atoms with Crippen LogP contribution >= 0.6 is 23.2 Å². The van der Waals surface area contributed by atoms with Crippen LogP contribution in [0.15, 0.2) is 61.1 Å². The SMILES string of the molecule is OC(Nc1ccc(OC(F)(F)Cl)cc1)c1cnc(Cl)c(-c2cccnc2)c1. The van der Waals surface area contributed by atoms with Crippen LogP contribution in [0.25, 0.3) is 11.1 Å². The van der Waals surface area contributed by atoms with Gasteiger partial charge in [-0.15, -0.1) is 8.78 Å². The smallest absolute Gasteiger partial charge is 0.420 e. The van der Waals surface area contributed by atoms with Crippen LogP contribution in [-0.4, -0.2) is 20.6 Å². The highest BCUT2D eigenvalue weighted by molar-refractivity contribution is 6.32. The highest BCUT2D eigenvalue weighted by Gasteiger charge is 2.27. The maximum atomic E-state index is 12.6. The highest BCUT2D eigenvalue weighted by atomic mass is 35.5. The van der Waals surface area contributed by atoms with E-state index >= 15 is 0 Å². The zero-order chi connectivity index (χ0) is 19.4. The van der Waals surface area contributed by atoms with E-state index in [2.05, 4.69) is 20.0 Å². The number of nitrogens with one attached hydrogen (secondary N) is 1. The summed E-state index contributed by atoms with van der Waals surface area (Å²) in [6.45, 7) is 0. The molecule has 1 unspecified atom stereocenters. The van der Waals surface area contributed by atoms with Gasteiger partial charge in [0.25, 0.3) is 0 Å². The van der Waals surface area contributed by atoms with Crippen LogP contribution in [0.2, 0.25) is 5.15 Å². The Hall–Kier alpha value is -2.48. The Morgan fingerprint density at radius 1 is 1.15 bits per heavy atom. The standard InChI is InChI=1S/C18H13Cl2F2N3O2/c19-16-15(11-2-1-7-23-9-11)8-12(10-24-16)17(26)25-13-3-5-14(6-4-13)27-18(20,21)22/h1-10,17,25-26H. The largest absolute Gasteiger partial charge is 0.487 e. The third-order valence-corrected chi connectivity index (χ3v) is 3.92. The summed E-state index contributed by atoms with van der Waals surface area (Å²) in [4.78, 5) is 8.13. The minimum Gasteiger partial charge on any atom is -0.420 e. The van der Waals surface area contributed by atoms with E-state index < -0.39 is 11.8 Å². The number of pyridine rings is 2. The van der Waals surface area contributed by atoms with E-state index in [1.807, 2.05) is 6.07 Å². The van der Waals surface area contributed by atoms with Gasteiger partial charge in [0, 0.05) is 52.6 Å². The van der Waals surface area contributed by atoms with Crippen molar-refractivity contribution in [2.45, 2.75) is 11.8 Å². The third-order valence-electron chi connectivity index (χ3n) is 3.54. The van der Waals surface area contributed by atoms with Crippen molar-refractivity contribution in [3.63, 3.8) is 0 Å². The molecule has 2 aromatic heterocycles. The summed E-state index contributed by atoms with van der Waals surface area (Å²) < 4.78 is 29.5. The maximum absolute atomic E-state index is 12.6. The molecular weight excluding hydrogens is 399 g/mol. The van der Waals surface area contributed by atoms with E-state index in [-0.39, 0.29) is 10.9 Å². The molecule has 0 radical (unpaired) electrons. The van der Waals surface area contributed by atoms with Crippen molar-refractivity contribution in [3.8, 4) is 16.9 Å². The van der Waals surface area contributed by atoms with E-state index in [0.717, 1.165) is 5.56 Å². The number of nitrogens with zero attached hydrogens (tertiary/aromatic N) is 2. The predicted molar refractivity (Wildman–Crippen MR) is 98.9 cm³/mol. The minimum absolute atomic E-state index is 0.109. The topological polar surface area (TPSA) is 67.3 Å². The summed E-state index contributed by atoms with van der Waals surface area (Å²) in [6, 6.07) is 10.8. The number of anilines is 1. The van der Waals surface area contributed by atoms with Gasteiger partial charge in [0.2, 0.25) is 0 Å². The molecular formula is C18H13Cl2F2N3O2. The number of hydrogen-bond donors (Lipinski definition) is 2. The van der Waals surface area contributed by atoms with Gasteiger partial charge in [0.05, 0.1) is 0 Å². The van der Waals surface area contributed by atoms with Crippen LogP contribution in [0.1, 0.15) is 11.8 Å². The number of hydrogen-bond acceptors (Lipinski definition) is 5. The quantitative estimate of drug-likeness (QED) is 0.336. The second-order valence-corrected chi connectivity index (χ2v) is 6.27. The Labute approximate surface area is 163 Å². The normalized spacial score (nSPS) is 12.5. The molecule has 5 nitrogen and oxygen atoms in total. The van der Waals surface area contributed by atoms with Gasteiger partial charge in [-0.3, -0.25) is 4.98 Å². The van der Waals surface area contributed by atoms with Gasteiger partial charge in [-0.25, -0.2) is 4.98 Å². The maximum Gasteiger partial charge on any atom is 0.487 e. The zero-order valence-electron chi connectivity index (χ0n) is 13.6. The average molecular weight is 412 g/mol. The van der Waals surface area contributed by atoms with Crippen molar-refractivity contribution < 1.29 is 18.6 Å². The molecule has 9 heteroatoms. The number of aromatic nitrogens is 2. The Morgan fingerprint density at radius 3 is 2.52 bits per heavy atom. The molecule has 0 bridgehead atoms. The molecule has 27 heavy (non-hydrogen) atoms. The molecule has 2 heterocycles. The molecule has 0 amide bonds. The molecule has 0 aliphatic carbocycles. The minimum atomic E-state index is -3.79. The molecule has 0 aliphatic heterocycles. The van der Waals surface area contributed by atoms with Gasteiger partial charge < -0.3 is 15.2 Å². The Bertz CT molecular complexity index is 907. The molecule has 0 aliphatic rings. The second kappa shape index (κ2) is 8.04. The molecule has 140 valence electrons. The summed E-state index contributed by atoms with van der Waals surface area (Å²) in [6.07, 6.45) is 3.60. The number of rotatable bonds is 6. The third kappa shape index (κ3) is 5.26. The molecule has 2 N–H and O–H groups in total. The van der Waals surface area contributed by atoms with Gasteiger partial charge in [-0.2, -0.15) is 0 Å². The summed E-state index contributed by atoms with van der Waals surface area (Å²) in [5.41, 5.74) is -1.47. The number of benzene rings is 1. The van der Waals surface area contributed by atoms with E-state index in [4.69, 9.17) is 23.2 Å². The molecule has 1 aromatic carbocycles. The Balaban J connectivity index is 1.76. The molecule has 0 spiro atoms. The van der Waals surface area contributed by atoms with Crippen LogP contribution in [0, 0.1) is 0 Å². The Morgan fingerprint density at radius 2 is 1.89 bits per heavy atom. The molecule has 0 fully saturated rings. The van der Waals surface area contributed by atoms with Gasteiger partial charge in [-0.1, -0.05) is 17.7 Å². The zero-order valence-corrected chi connectivity index (χ0v) is 15.1. The van der Waals surface area contributed by atoms with Crippen LogP contribution < -0.4 is 10.1 Å². The summed E-state index contributed by atoms with van der Waals surface area (Å²) in [7, 11) is 0.